The topological polar surface area (TPSA) is 39.7 Å². The van der Waals surface area contributed by atoms with Crippen molar-refractivity contribution in [3.8, 4) is 0 Å². The molecular formula is C18H21FN4O. The highest BCUT2D eigenvalue weighted by Crippen LogP contribution is 2.20. The van der Waals surface area contributed by atoms with Crippen LogP contribution in [0.5, 0.6) is 0 Å². The van der Waals surface area contributed by atoms with Crippen molar-refractivity contribution < 1.29 is 9.18 Å². The number of piperazine rings is 1. The van der Waals surface area contributed by atoms with Crippen molar-refractivity contribution in [1.82, 2.24) is 9.88 Å². The molecule has 0 atom stereocenters. The zero-order valence-corrected chi connectivity index (χ0v) is 13.9. The number of pyridine rings is 1. The van der Waals surface area contributed by atoms with Crippen molar-refractivity contribution in [2.75, 3.05) is 50.1 Å². The third-order valence-corrected chi connectivity index (χ3v) is 4.20. The second-order valence-electron chi connectivity index (χ2n) is 6.02. The smallest absolute Gasteiger partial charge is 0.257 e. The Bertz CT molecular complexity index is 709. The number of carbonyl (C=O) groups excluding carboxylic acids is 1. The number of nitrogens with zero attached hydrogens (tertiary/aromatic N) is 4. The Morgan fingerprint density at radius 3 is 2.38 bits per heavy atom. The molecule has 1 aromatic heterocycles. The molecule has 0 radical (unpaired) electrons. The summed E-state index contributed by atoms with van der Waals surface area (Å²) >= 11 is 0. The van der Waals surface area contributed by atoms with Gasteiger partial charge in [-0.2, -0.15) is 0 Å². The molecule has 1 fully saturated rings. The maximum Gasteiger partial charge on any atom is 0.257 e. The predicted octanol–water partition coefficient (Wildman–Crippen LogP) is 2.25. The lowest BCUT2D eigenvalue weighted by Crippen LogP contribution is -2.49. The van der Waals surface area contributed by atoms with Crippen molar-refractivity contribution in [2.24, 2.45) is 0 Å². The third kappa shape index (κ3) is 3.32. The molecule has 2 heterocycles. The molecule has 1 saturated heterocycles. The number of rotatable bonds is 3. The lowest BCUT2D eigenvalue weighted by Gasteiger charge is -2.36. The molecule has 2 aromatic rings. The van der Waals surface area contributed by atoms with Gasteiger partial charge in [0.1, 0.15) is 11.6 Å². The zero-order chi connectivity index (χ0) is 17.1. The standard InChI is InChI=1S/C18H21FN4O/c1-21(2)17-16(4-3-9-20-17)18(24)23-12-10-22(11-13-23)15-7-5-14(19)6-8-15/h3-9H,10-13H2,1-2H3. The fourth-order valence-corrected chi connectivity index (χ4v) is 2.91. The lowest BCUT2D eigenvalue weighted by molar-refractivity contribution is 0.0747. The van der Waals surface area contributed by atoms with E-state index in [0.29, 0.717) is 24.5 Å². The van der Waals surface area contributed by atoms with Crippen LogP contribution in [-0.4, -0.2) is 56.1 Å². The number of amides is 1. The van der Waals surface area contributed by atoms with E-state index in [1.165, 1.54) is 12.1 Å². The van der Waals surface area contributed by atoms with E-state index in [1.807, 2.05) is 30.0 Å². The summed E-state index contributed by atoms with van der Waals surface area (Å²) in [5.74, 6) is 0.453. The molecule has 0 saturated carbocycles. The molecule has 1 aliphatic rings. The Hall–Kier alpha value is -2.63. The van der Waals surface area contributed by atoms with Gasteiger partial charge >= 0.3 is 0 Å². The van der Waals surface area contributed by atoms with Gasteiger partial charge in [0.2, 0.25) is 0 Å². The first kappa shape index (κ1) is 16.2. The highest BCUT2D eigenvalue weighted by atomic mass is 19.1. The molecule has 0 aliphatic carbocycles. The van der Waals surface area contributed by atoms with Crippen LogP contribution in [0.4, 0.5) is 15.9 Å². The van der Waals surface area contributed by atoms with E-state index < -0.39 is 0 Å². The van der Waals surface area contributed by atoms with Gasteiger partial charge in [0.05, 0.1) is 5.56 Å². The number of halogens is 1. The van der Waals surface area contributed by atoms with Crippen LogP contribution >= 0.6 is 0 Å². The molecule has 126 valence electrons. The van der Waals surface area contributed by atoms with Gasteiger partial charge in [-0.25, -0.2) is 9.37 Å². The van der Waals surface area contributed by atoms with Gasteiger partial charge in [0.15, 0.2) is 0 Å². The predicted molar refractivity (Wildman–Crippen MR) is 93.1 cm³/mol. The normalized spacial score (nSPS) is 14.6. The minimum atomic E-state index is -0.236. The van der Waals surface area contributed by atoms with E-state index in [2.05, 4.69) is 9.88 Å². The number of aromatic nitrogens is 1. The number of carbonyl (C=O) groups is 1. The number of hydrogen-bond donors (Lipinski definition) is 0. The summed E-state index contributed by atoms with van der Waals surface area (Å²) in [6, 6.07) is 10.1. The molecule has 1 aliphatic heterocycles. The molecule has 1 amide bonds. The monoisotopic (exact) mass is 328 g/mol. The summed E-state index contributed by atoms with van der Waals surface area (Å²) in [6.45, 7) is 2.74. The molecule has 24 heavy (non-hydrogen) atoms. The number of hydrogen-bond acceptors (Lipinski definition) is 4. The quantitative estimate of drug-likeness (QED) is 0.866. The summed E-state index contributed by atoms with van der Waals surface area (Å²) < 4.78 is 13.0. The average molecular weight is 328 g/mol. The van der Waals surface area contributed by atoms with E-state index in [1.54, 1.807) is 24.4 Å². The average Bonchev–Trinajstić information content (AvgIpc) is 2.62. The first-order valence-electron chi connectivity index (χ1n) is 7.98. The van der Waals surface area contributed by atoms with Gasteiger partial charge in [0.25, 0.3) is 5.91 Å². The van der Waals surface area contributed by atoms with Crippen molar-refractivity contribution in [3.63, 3.8) is 0 Å². The van der Waals surface area contributed by atoms with Crippen LogP contribution in [0.15, 0.2) is 42.6 Å². The van der Waals surface area contributed by atoms with Gasteiger partial charge in [-0.05, 0) is 36.4 Å². The molecule has 3 rings (SSSR count). The molecule has 0 bridgehead atoms. The summed E-state index contributed by atoms with van der Waals surface area (Å²) in [5.41, 5.74) is 1.61. The Kier molecular flexibility index (Phi) is 4.64. The number of benzene rings is 1. The maximum absolute atomic E-state index is 13.0. The molecule has 0 N–H and O–H groups in total. The summed E-state index contributed by atoms with van der Waals surface area (Å²) in [5, 5.41) is 0. The zero-order valence-electron chi connectivity index (χ0n) is 13.9. The van der Waals surface area contributed by atoms with E-state index >= 15 is 0 Å². The van der Waals surface area contributed by atoms with Gasteiger partial charge in [-0.15, -0.1) is 0 Å². The van der Waals surface area contributed by atoms with Crippen LogP contribution in [0.2, 0.25) is 0 Å². The summed E-state index contributed by atoms with van der Waals surface area (Å²) in [7, 11) is 3.76. The van der Waals surface area contributed by atoms with Crippen molar-refractivity contribution >= 4 is 17.4 Å². The molecular weight excluding hydrogens is 307 g/mol. The van der Waals surface area contributed by atoms with Gasteiger partial charge in [-0.3, -0.25) is 4.79 Å². The van der Waals surface area contributed by atoms with Crippen LogP contribution in [0.3, 0.4) is 0 Å². The number of anilines is 2. The van der Waals surface area contributed by atoms with Crippen LogP contribution < -0.4 is 9.80 Å². The fraction of sp³-hybridized carbons (Fsp3) is 0.333. The van der Waals surface area contributed by atoms with Gasteiger partial charge in [0, 0.05) is 52.2 Å². The highest BCUT2D eigenvalue weighted by Gasteiger charge is 2.24. The first-order valence-corrected chi connectivity index (χ1v) is 7.98. The van der Waals surface area contributed by atoms with Gasteiger partial charge < -0.3 is 14.7 Å². The molecule has 6 heteroatoms. The fourth-order valence-electron chi connectivity index (χ4n) is 2.91. The second kappa shape index (κ2) is 6.86. The van der Waals surface area contributed by atoms with Crippen LogP contribution in [0.1, 0.15) is 10.4 Å². The highest BCUT2D eigenvalue weighted by molar-refractivity contribution is 5.99. The maximum atomic E-state index is 13.0. The van der Waals surface area contributed by atoms with Crippen molar-refractivity contribution in [1.29, 1.82) is 0 Å². The van der Waals surface area contributed by atoms with Crippen molar-refractivity contribution in [3.05, 3.63) is 54.0 Å². The van der Waals surface area contributed by atoms with Gasteiger partial charge in [-0.1, -0.05) is 0 Å². The first-order chi connectivity index (χ1) is 11.6. The van der Waals surface area contributed by atoms with Crippen LogP contribution in [0.25, 0.3) is 0 Å². The lowest BCUT2D eigenvalue weighted by atomic mass is 10.2. The largest absolute Gasteiger partial charge is 0.368 e. The SMILES string of the molecule is CN(C)c1ncccc1C(=O)N1CCN(c2ccc(F)cc2)CC1. The molecule has 0 unspecified atom stereocenters. The van der Waals surface area contributed by atoms with E-state index in [0.717, 1.165) is 18.8 Å². The van der Waals surface area contributed by atoms with Crippen molar-refractivity contribution in [2.45, 2.75) is 0 Å². The Morgan fingerprint density at radius 1 is 1.08 bits per heavy atom. The van der Waals surface area contributed by atoms with E-state index in [9.17, 15) is 9.18 Å². The molecule has 1 aromatic carbocycles. The Morgan fingerprint density at radius 2 is 1.75 bits per heavy atom. The minimum Gasteiger partial charge on any atom is -0.368 e. The molecule has 0 spiro atoms. The summed E-state index contributed by atoms with van der Waals surface area (Å²) in [4.78, 5) is 23.0. The molecule has 5 nitrogen and oxygen atoms in total. The van der Waals surface area contributed by atoms with Crippen LogP contribution in [0, 0.1) is 5.82 Å². The Labute approximate surface area is 141 Å². The second-order valence-corrected chi connectivity index (χ2v) is 6.02. The summed E-state index contributed by atoms with van der Waals surface area (Å²) in [6.07, 6.45) is 1.69. The van der Waals surface area contributed by atoms with Crippen LogP contribution in [-0.2, 0) is 0 Å². The van der Waals surface area contributed by atoms with E-state index in [-0.39, 0.29) is 11.7 Å². The minimum absolute atomic E-state index is 0.00514. The van der Waals surface area contributed by atoms with E-state index in [4.69, 9.17) is 0 Å². The Balaban J connectivity index is 1.68. The third-order valence-electron chi connectivity index (χ3n) is 4.20.